The molecule has 0 bridgehead atoms. The summed E-state index contributed by atoms with van der Waals surface area (Å²) in [6.07, 6.45) is 2.53. The van der Waals surface area contributed by atoms with Gasteiger partial charge in [0.1, 0.15) is 10.7 Å². The quantitative estimate of drug-likeness (QED) is 0.830. The van der Waals surface area contributed by atoms with Gasteiger partial charge in [0, 0.05) is 37.7 Å². The highest BCUT2D eigenvalue weighted by molar-refractivity contribution is 7.13. The lowest BCUT2D eigenvalue weighted by molar-refractivity contribution is 0.0633. The van der Waals surface area contributed by atoms with Crippen LogP contribution in [0.3, 0.4) is 0 Å². The first-order valence-electron chi connectivity index (χ1n) is 7.97. The van der Waals surface area contributed by atoms with Crippen molar-refractivity contribution in [2.24, 2.45) is 0 Å². The van der Waals surface area contributed by atoms with Crippen LogP contribution in [0.25, 0.3) is 0 Å². The number of carbonyl (C=O) groups excluding carboxylic acids is 1. The molecule has 128 valence electrons. The van der Waals surface area contributed by atoms with Gasteiger partial charge in [-0.05, 0) is 24.1 Å². The summed E-state index contributed by atoms with van der Waals surface area (Å²) in [5, 5.41) is 1.44. The van der Waals surface area contributed by atoms with Gasteiger partial charge in [0.15, 0.2) is 0 Å². The minimum absolute atomic E-state index is 0.0617. The first-order valence-corrected chi connectivity index (χ1v) is 9.16. The van der Waals surface area contributed by atoms with E-state index in [4.69, 9.17) is 11.6 Å². The smallest absolute Gasteiger partial charge is 0.265 e. The molecule has 1 aromatic heterocycles. The summed E-state index contributed by atoms with van der Waals surface area (Å²) in [4.78, 5) is 21.6. The zero-order chi connectivity index (χ0) is 17.1. The number of rotatable bonds is 4. The first kappa shape index (κ1) is 17.3. The van der Waals surface area contributed by atoms with Crippen LogP contribution in [0.4, 0.5) is 4.39 Å². The number of hydrogen-bond donors (Lipinski definition) is 0. The molecule has 0 unspecified atom stereocenters. The third kappa shape index (κ3) is 3.94. The van der Waals surface area contributed by atoms with Gasteiger partial charge >= 0.3 is 0 Å². The maximum atomic E-state index is 13.1. The Balaban J connectivity index is 1.56. The molecular formula is C17H19ClFN3OS. The number of hydrogen-bond acceptors (Lipinski definition) is 4. The fourth-order valence-electron chi connectivity index (χ4n) is 2.73. The van der Waals surface area contributed by atoms with Crippen molar-refractivity contribution in [2.45, 2.75) is 19.9 Å². The van der Waals surface area contributed by atoms with E-state index in [0.29, 0.717) is 29.5 Å². The van der Waals surface area contributed by atoms with Crippen LogP contribution in [0.5, 0.6) is 0 Å². The molecule has 1 aliphatic rings. The van der Waals surface area contributed by atoms with Gasteiger partial charge in [-0.25, -0.2) is 9.37 Å². The molecule has 0 N–H and O–H groups in total. The zero-order valence-corrected chi connectivity index (χ0v) is 15.0. The zero-order valence-electron chi connectivity index (χ0n) is 13.5. The summed E-state index contributed by atoms with van der Waals surface area (Å²) in [6, 6.07) is 4.49. The predicted molar refractivity (Wildman–Crippen MR) is 94.1 cm³/mol. The van der Waals surface area contributed by atoms with Crippen LogP contribution in [-0.2, 0) is 13.0 Å². The van der Waals surface area contributed by atoms with Crippen LogP contribution in [0, 0.1) is 5.82 Å². The van der Waals surface area contributed by atoms with Gasteiger partial charge in [-0.1, -0.05) is 24.6 Å². The van der Waals surface area contributed by atoms with Crippen LogP contribution >= 0.6 is 22.9 Å². The maximum Gasteiger partial charge on any atom is 0.265 e. The van der Waals surface area contributed by atoms with Crippen LogP contribution in [0.15, 0.2) is 24.4 Å². The number of benzene rings is 1. The molecule has 1 saturated heterocycles. The summed E-state index contributed by atoms with van der Waals surface area (Å²) >= 11 is 7.56. The predicted octanol–water partition coefficient (Wildman–Crippen LogP) is 3.46. The van der Waals surface area contributed by atoms with Crippen molar-refractivity contribution < 1.29 is 9.18 Å². The van der Waals surface area contributed by atoms with E-state index < -0.39 is 0 Å². The third-order valence-electron chi connectivity index (χ3n) is 4.14. The number of aryl methyl sites for hydroxylation is 1. The number of piperazine rings is 1. The second kappa shape index (κ2) is 7.59. The Kier molecular flexibility index (Phi) is 5.48. The van der Waals surface area contributed by atoms with Crippen molar-refractivity contribution in [2.75, 3.05) is 26.2 Å². The SMILES string of the molecule is CCc1ncc(C(=O)N2CCN(Cc3ccc(F)cc3Cl)CC2)s1. The van der Waals surface area contributed by atoms with Crippen molar-refractivity contribution in [3.05, 3.63) is 50.7 Å². The molecule has 0 radical (unpaired) electrons. The molecule has 3 rings (SSSR count). The number of amides is 1. The normalized spacial score (nSPS) is 15.7. The van der Waals surface area contributed by atoms with Crippen LogP contribution < -0.4 is 0 Å². The molecule has 1 aromatic carbocycles. The minimum Gasteiger partial charge on any atom is -0.335 e. The van der Waals surface area contributed by atoms with Crippen LogP contribution in [0.2, 0.25) is 5.02 Å². The average Bonchev–Trinajstić information content (AvgIpc) is 3.06. The van der Waals surface area contributed by atoms with E-state index in [0.717, 1.165) is 30.1 Å². The van der Waals surface area contributed by atoms with Crippen molar-refractivity contribution in [1.82, 2.24) is 14.8 Å². The van der Waals surface area contributed by atoms with E-state index in [1.807, 2.05) is 11.8 Å². The molecule has 0 atom stereocenters. The van der Waals surface area contributed by atoms with Crippen molar-refractivity contribution >= 4 is 28.8 Å². The van der Waals surface area contributed by atoms with Gasteiger partial charge in [-0.2, -0.15) is 0 Å². The van der Waals surface area contributed by atoms with E-state index in [2.05, 4.69) is 9.88 Å². The number of halogens is 2. The van der Waals surface area contributed by atoms with Gasteiger partial charge in [-0.3, -0.25) is 9.69 Å². The lowest BCUT2D eigenvalue weighted by atomic mass is 10.2. The van der Waals surface area contributed by atoms with Gasteiger partial charge in [0.05, 0.1) is 11.2 Å². The number of aromatic nitrogens is 1. The molecule has 1 aliphatic heterocycles. The monoisotopic (exact) mass is 367 g/mol. The highest BCUT2D eigenvalue weighted by Gasteiger charge is 2.24. The average molecular weight is 368 g/mol. The summed E-state index contributed by atoms with van der Waals surface area (Å²) in [5.41, 5.74) is 0.910. The van der Waals surface area contributed by atoms with Crippen molar-refractivity contribution in [1.29, 1.82) is 0 Å². The van der Waals surface area contributed by atoms with Crippen LogP contribution in [-0.4, -0.2) is 46.9 Å². The van der Waals surface area contributed by atoms with E-state index in [1.165, 1.54) is 23.5 Å². The Labute approximate surface area is 149 Å². The van der Waals surface area contributed by atoms with Gasteiger partial charge in [0.2, 0.25) is 0 Å². The third-order valence-corrected chi connectivity index (χ3v) is 5.62. The van der Waals surface area contributed by atoms with E-state index in [-0.39, 0.29) is 11.7 Å². The minimum atomic E-state index is -0.324. The van der Waals surface area contributed by atoms with E-state index in [1.54, 1.807) is 12.3 Å². The lowest BCUT2D eigenvalue weighted by Gasteiger charge is -2.34. The Bertz CT molecular complexity index is 728. The molecule has 1 fully saturated rings. The first-order chi connectivity index (χ1) is 11.6. The van der Waals surface area contributed by atoms with Gasteiger partial charge < -0.3 is 4.90 Å². The molecule has 7 heteroatoms. The van der Waals surface area contributed by atoms with Crippen molar-refractivity contribution in [3.63, 3.8) is 0 Å². The van der Waals surface area contributed by atoms with Crippen LogP contribution in [0.1, 0.15) is 27.2 Å². The molecule has 0 spiro atoms. The lowest BCUT2D eigenvalue weighted by Crippen LogP contribution is -2.48. The van der Waals surface area contributed by atoms with E-state index in [9.17, 15) is 9.18 Å². The number of thiazole rings is 1. The van der Waals surface area contributed by atoms with E-state index >= 15 is 0 Å². The molecular weight excluding hydrogens is 349 g/mol. The molecule has 2 aromatic rings. The topological polar surface area (TPSA) is 36.4 Å². The Morgan fingerprint density at radius 1 is 1.33 bits per heavy atom. The van der Waals surface area contributed by atoms with Crippen molar-refractivity contribution in [3.8, 4) is 0 Å². The standard InChI is InChI=1S/C17H19ClFN3OS/c1-2-16-20-10-15(24-16)17(23)22-7-5-21(6-8-22)11-12-3-4-13(19)9-14(12)18/h3-4,9-10H,2,5-8,11H2,1H3. The maximum absolute atomic E-state index is 13.1. The molecule has 0 aliphatic carbocycles. The number of nitrogens with zero attached hydrogens (tertiary/aromatic N) is 3. The van der Waals surface area contributed by atoms with Gasteiger partial charge in [0.25, 0.3) is 5.91 Å². The summed E-state index contributed by atoms with van der Waals surface area (Å²) in [5.74, 6) is -0.262. The van der Waals surface area contributed by atoms with Gasteiger partial charge in [-0.15, -0.1) is 11.3 Å². The summed E-state index contributed by atoms with van der Waals surface area (Å²) in [6.45, 7) is 5.61. The molecule has 0 saturated carbocycles. The second-order valence-electron chi connectivity index (χ2n) is 5.78. The largest absolute Gasteiger partial charge is 0.335 e. The Morgan fingerprint density at radius 2 is 2.08 bits per heavy atom. The summed E-state index contributed by atoms with van der Waals surface area (Å²) < 4.78 is 13.1. The highest BCUT2D eigenvalue weighted by atomic mass is 35.5. The second-order valence-corrected chi connectivity index (χ2v) is 7.30. The molecule has 24 heavy (non-hydrogen) atoms. The Hall–Kier alpha value is -1.50. The Morgan fingerprint density at radius 3 is 2.71 bits per heavy atom. The number of carbonyl (C=O) groups is 1. The fourth-order valence-corrected chi connectivity index (χ4v) is 3.78. The molecule has 2 heterocycles. The fraction of sp³-hybridized carbons (Fsp3) is 0.412. The molecule has 1 amide bonds. The highest BCUT2D eigenvalue weighted by Crippen LogP contribution is 2.21. The summed E-state index contributed by atoms with van der Waals surface area (Å²) in [7, 11) is 0. The molecule has 4 nitrogen and oxygen atoms in total.